The molecule has 20 nitrogen and oxygen atoms in total. The Morgan fingerprint density at radius 2 is 0.847 bits per heavy atom. The number of allylic oxidation sites excluding steroid dienone is 2. The van der Waals surface area contributed by atoms with E-state index in [1.807, 2.05) is 67.6 Å². The molecule has 8 aliphatic carbocycles. The van der Waals surface area contributed by atoms with Crippen molar-refractivity contribution >= 4 is 166 Å². The molecule has 3 saturated carbocycles. The molecule has 3 fully saturated rings. The summed E-state index contributed by atoms with van der Waals surface area (Å²) in [5, 5.41) is 19.9. The Bertz CT molecular complexity index is 5440. The van der Waals surface area contributed by atoms with Crippen molar-refractivity contribution in [1.29, 1.82) is 5.26 Å². The van der Waals surface area contributed by atoms with Gasteiger partial charge in [-0.05, 0) is 294 Å². The topological polar surface area (TPSA) is 341 Å². The van der Waals surface area contributed by atoms with E-state index in [0.29, 0.717) is 125 Å². The third-order valence-electron chi connectivity index (χ3n) is 20.2. The molecule has 0 aliphatic heterocycles. The summed E-state index contributed by atoms with van der Waals surface area (Å²) in [6.45, 7) is 8.29. The second-order valence-corrected chi connectivity index (χ2v) is 37.1. The minimum Gasteiger partial charge on any atom is -0.478 e. The number of rotatable bonds is 27. The van der Waals surface area contributed by atoms with Crippen molar-refractivity contribution in [2.75, 3.05) is 76.0 Å². The van der Waals surface area contributed by atoms with Gasteiger partial charge in [-0.15, -0.1) is 0 Å². The molecule has 7 N–H and O–H groups in total. The number of anilines is 3. The number of carboxylic acids is 1. The molecule has 6 aromatic rings. The van der Waals surface area contributed by atoms with E-state index < -0.39 is 39.0 Å². The Morgan fingerprint density at radius 3 is 1.25 bits per heavy atom. The number of nitrogens with two attached hydrogens (primary N) is 3. The number of hydrogen-bond donors (Lipinski definition) is 4. The molecule has 28 heteroatoms. The molecule has 0 heterocycles. The molecule has 118 heavy (non-hydrogen) atoms. The maximum Gasteiger partial charge on any atom is 0.334 e. The van der Waals surface area contributed by atoms with Gasteiger partial charge in [0, 0.05) is 118 Å². The van der Waals surface area contributed by atoms with Crippen LogP contribution in [-0.4, -0.2) is 127 Å². The van der Waals surface area contributed by atoms with Crippen LogP contribution >= 0.6 is 57.4 Å². The Morgan fingerprint density at radius 1 is 0.500 bits per heavy atom. The van der Waals surface area contributed by atoms with E-state index in [1.165, 1.54) is 38.5 Å². The molecule has 8 aliphatic rings. The number of ketones is 3. The highest BCUT2D eigenvalue weighted by Crippen LogP contribution is 2.48. The Kier molecular flexibility index (Phi) is 32.6. The first-order valence-electron chi connectivity index (χ1n) is 38.9. The number of carbonyl (C=O) groups is 7. The van der Waals surface area contributed by atoms with Crippen LogP contribution in [0.15, 0.2) is 112 Å². The van der Waals surface area contributed by atoms with E-state index in [9.17, 15) is 64.4 Å². The zero-order valence-corrected chi connectivity index (χ0v) is 73.0. The van der Waals surface area contributed by atoms with Crippen LogP contribution in [0.5, 0.6) is 0 Å². The molecule has 0 unspecified atom stereocenters. The van der Waals surface area contributed by atoms with Crippen molar-refractivity contribution in [3.63, 3.8) is 0 Å². The molecule has 0 spiro atoms. The van der Waals surface area contributed by atoms with E-state index in [0.717, 1.165) is 130 Å². The van der Waals surface area contributed by atoms with Gasteiger partial charge < -0.3 is 41.4 Å². The number of sulfone groups is 2. The molecule has 0 aromatic heterocycles. The number of halogens is 6. The molecular weight excluding hydrogens is 1730 g/mol. The second-order valence-electron chi connectivity index (χ2n) is 30.4. The minimum atomic E-state index is -3.38. The van der Waals surface area contributed by atoms with Gasteiger partial charge in [0.1, 0.15) is 23.2 Å². The largest absolute Gasteiger partial charge is 0.478 e. The number of alkyl halides is 2. The molecule has 0 bridgehead atoms. The predicted octanol–water partition coefficient (Wildman–Crippen LogP) is 16.9. The fraction of sp³-hybridized carbons (Fsp3) is 0.378. The summed E-state index contributed by atoms with van der Waals surface area (Å²) in [7, 11) is -3.21. The van der Waals surface area contributed by atoms with Crippen molar-refractivity contribution in [3.05, 3.63) is 226 Å². The van der Waals surface area contributed by atoms with Crippen LogP contribution in [0.3, 0.4) is 0 Å². The van der Waals surface area contributed by atoms with Crippen LogP contribution in [0.1, 0.15) is 198 Å². The zero-order valence-electron chi connectivity index (χ0n) is 67.0. The lowest BCUT2D eigenvalue weighted by molar-refractivity contribution is -0.139. The summed E-state index contributed by atoms with van der Waals surface area (Å²) >= 11 is 20.0. The highest BCUT2D eigenvalue weighted by molar-refractivity contribution is 14.1. The first kappa shape index (κ1) is 92.6. The highest BCUT2D eigenvalue weighted by Gasteiger charge is 2.34. The number of ether oxygens (including phenoxy) is 3. The van der Waals surface area contributed by atoms with E-state index in [-0.39, 0.29) is 83.1 Å². The van der Waals surface area contributed by atoms with Gasteiger partial charge in [-0.3, -0.25) is 23.2 Å². The van der Waals surface area contributed by atoms with E-state index in [2.05, 4.69) is 28.7 Å². The van der Waals surface area contributed by atoms with Crippen LogP contribution in [0, 0.1) is 14.9 Å². The number of nitrogens with zero attached hydrogens (tertiary/aromatic N) is 2. The fourth-order valence-corrected chi connectivity index (χ4v) is 18.3. The summed E-state index contributed by atoms with van der Waals surface area (Å²) in [5.41, 5.74) is 38.7. The van der Waals surface area contributed by atoms with Crippen molar-refractivity contribution in [1.82, 2.24) is 4.90 Å². The van der Waals surface area contributed by atoms with Crippen LogP contribution in [0.25, 0.3) is 30.4 Å². The van der Waals surface area contributed by atoms with Gasteiger partial charge in [0.2, 0.25) is 5.78 Å². The summed E-state index contributed by atoms with van der Waals surface area (Å²) in [6.07, 6.45) is 20.3. The number of nitrogen functional groups attached to an aromatic ring is 3. The monoisotopic (exact) mass is 1820 g/mol. The number of esters is 3. The van der Waals surface area contributed by atoms with Crippen molar-refractivity contribution in [3.8, 4) is 6.07 Å². The summed E-state index contributed by atoms with van der Waals surface area (Å²) in [6, 6.07) is 24.6. The van der Waals surface area contributed by atoms with Gasteiger partial charge in [-0.1, -0.05) is 65.1 Å². The zero-order chi connectivity index (χ0) is 86.2. The third-order valence-corrected chi connectivity index (χ3v) is 25.5. The maximum absolute atomic E-state index is 12.7. The van der Waals surface area contributed by atoms with Crippen LogP contribution in [0.4, 0.5) is 25.8 Å². The summed E-state index contributed by atoms with van der Waals surface area (Å²) in [4.78, 5) is 82.4. The van der Waals surface area contributed by atoms with Gasteiger partial charge in [-0.2, -0.15) is 5.26 Å². The smallest absolute Gasteiger partial charge is 0.334 e. The predicted molar refractivity (Wildman–Crippen MR) is 469 cm³/mol. The number of carbonyl (C=O) groups excluding carboxylic acids is 6. The third kappa shape index (κ3) is 25.9. The van der Waals surface area contributed by atoms with Gasteiger partial charge >= 0.3 is 23.9 Å². The van der Waals surface area contributed by atoms with E-state index in [4.69, 9.17) is 71.3 Å². The van der Waals surface area contributed by atoms with Crippen LogP contribution in [0.2, 0.25) is 15.1 Å². The Balaban J connectivity index is 0.000000165. The molecule has 0 saturated heterocycles. The SMILES string of the molecule is CC(=O)Cc1cc(N)c(I)cc1Cl.CC(=O)Cc1cc2c(cc1Cl)C=C(C(=O)O)C2.CCOC(=O)C1=Cc2cc(C3CC3)c(CS(=O)(=O)CCCF)cc2C1.CCOC(=O)C1=Cc2cc(C3CC3)c(N)cc2C1.CCOC(=O)C1=Cc2cc(Cl)c(N)cc2C1.CN(C)/C=C(\C#N)C(=O)C1=Cc2cc(C3CC3)c(CS(=O)(=O)CCCF)cc2C1. The quantitative estimate of drug-likeness (QED) is 0.00929. The lowest BCUT2D eigenvalue weighted by atomic mass is 9.97. The van der Waals surface area contributed by atoms with E-state index >= 15 is 0 Å². The van der Waals surface area contributed by atoms with Crippen LogP contribution in [-0.2, 0) is 124 Å². The number of hydrogen-bond acceptors (Lipinski definition) is 19. The standard InChI is InChI=1S/C22H25FN2O3S.C19H23FO4S.C15H17NO2.C13H11ClO3.C12H12ClNO2.C9H9ClINO/c1-25(2)13-20(12-24)22(26)18-8-16-10-19(14-29(27,28)7-3-6-23)21(15-4-5-15)11-17(16)9-18;1-2-24-19(21)16-8-14-10-17(12-25(22,23)7-3-6-20)18(13-4-5-13)11-15(14)9-16;1-2-18-15(17)12-5-10-7-13(9-3-4-9)14(16)8-11(10)6-12;1-7(15)2-10-3-8-4-11(13(16)17)5-9(8)6-12(10)14;1-2-16-12(15)9-3-7-5-10(13)11(14)6-8(7)4-9;1-5(13)2-6-3-9(12)8(11)4-7(6)10/h9-11,13,15H,3-8,14H2,1-2H3;9-11,13H,2-8,12H2,1H3;5,7-9H,2-4,6,16H2,1H3;3,5-6H,2,4H2,1H3,(H,16,17);3,5-6H,2,4,14H2,1H3;3-4H,2,12H2,1H3/b20-13+;;;;;. The maximum atomic E-state index is 12.7. The van der Waals surface area contributed by atoms with Crippen molar-refractivity contribution in [2.24, 2.45) is 0 Å². The fourth-order valence-electron chi connectivity index (χ4n) is 14.2. The molecule has 626 valence electrons. The van der Waals surface area contributed by atoms with Crippen molar-refractivity contribution in [2.45, 2.75) is 160 Å². The molecular formula is C90H97Cl3F2IN5O15S2. The minimum absolute atomic E-state index is 0.0153. The molecule has 0 radical (unpaired) electrons. The number of aliphatic carboxylic acids is 1. The lowest BCUT2D eigenvalue weighted by Crippen LogP contribution is -2.12. The average molecular weight is 1820 g/mol. The van der Waals surface area contributed by atoms with Gasteiger partial charge in [-0.25, -0.2) is 36.0 Å². The number of benzene rings is 6. The Labute approximate surface area is 716 Å². The van der Waals surface area contributed by atoms with Gasteiger partial charge in [0.25, 0.3) is 0 Å². The number of Topliss-reactive ketones (excluding diaryl/α,β-unsaturated/α-hetero) is 3. The summed E-state index contributed by atoms with van der Waals surface area (Å²) in [5.74, 6) is -0.940. The van der Waals surface area contributed by atoms with Crippen molar-refractivity contribution < 1.29 is 78.5 Å². The number of carboxylic acid groups (broad SMARTS) is 1. The summed E-state index contributed by atoms with van der Waals surface area (Å²) < 4.78 is 90.0. The number of fused-ring (bicyclic) bond motifs is 5. The first-order valence-corrected chi connectivity index (χ1v) is 44.8. The molecule has 0 atom stereocenters. The average Bonchev–Trinajstić information content (AvgIpc) is 1.63. The van der Waals surface area contributed by atoms with Gasteiger partial charge in [0.15, 0.2) is 19.7 Å². The molecule has 14 rings (SSSR count). The van der Waals surface area contributed by atoms with Gasteiger partial charge in [0.05, 0.1) is 66.9 Å². The normalized spacial score (nSPS) is 14.9. The first-order chi connectivity index (χ1) is 55.9. The Hall–Kier alpha value is -9.30. The molecule has 0 amide bonds. The molecule has 6 aromatic carbocycles. The second kappa shape index (κ2) is 41.6. The number of nitriles is 1. The van der Waals surface area contributed by atoms with E-state index in [1.54, 1.807) is 75.3 Å². The highest BCUT2D eigenvalue weighted by atomic mass is 127. The van der Waals surface area contributed by atoms with Crippen LogP contribution < -0.4 is 17.2 Å². The lowest BCUT2D eigenvalue weighted by Gasteiger charge is -2.12.